The van der Waals surface area contributed by atoms with E-state index in [1.54, 1.807) is 6.08 Å². The van der Waals surface area contributed by atoms with E-state index in [-0.39, 0.29) is 12.2 Å². The number of nitrogens with zero attached hydrogens (tertiary/aromatic N) is 4. The summed E-state index contributed by atoms with van der Waals surface area (Å²) in [5.74, 6) is -0.843. The molecule has 2 aromatic rings. The Labute approximate surface area is 236 Å². The molecule has 8 heteroatoms. The van der Waals surface area contributed by atoms with Gasteiger partial charge >= 0.3 is 5.97 Å². The third kappa shape index (κ3) is 6.99. The average molecular weight is 558 g/mol. The van der Waals surface area contributed by atoms with E-state index in [1.807, 2.05) is 30.5 Å². The summed E-state index contributed by atoms with van der Waals surface area (Å²) in [6.45, 7) is 13.2. The summed E-state index contributed by atoms with van der Waals surface area (Å²) in [4.78, 5) is 21.2. The van der Waals surface area contributed by atoms with Gasteiger partial charge in [0.25, 0.3) is 0 Å². The van der Waals surface area contributed by atoms with Crippen LogP contribution in [0, 0.1) is 0 Å². The Balaban J connectivity index is 1.32. The van der Waals surface area contributed by atoms with Gasteiger partial charge in [0.05, 0.1) is 5.57 Å². The number of benzene rings is 2. The van der Waals surface area contributed by atoms with Crippen molar-refractivity contribution < 1.29 is 9.90 Å². The SMILES string of the molecule is CCN(Cc1ccc(CN2CCN(C3C(C(=O)O)=CC=CN3C(C)C)CC2)cc1)Cc1c(Cl)cccc1Cl. The van der Waals surface area contributed by atoms with Gasteiger partial charge in [-0.1, -0.05) is 60.5 Å². The molecule has 6 nitrogen and oxygen atoms in total. The highest BCUT2D eigenvalue weighted by molar-refractivity contribution is 6.35. The maximum atomic E-state index is 11.9. The number of piperazine rings is 1. The van der Waals surface area contributed by atoms with Crippen LogP contribution in [0.25, 0.3) is 0 Å². The van der Waals surface area contributed by atoms with Gasteiger partial charge in [-0.3, -0.25) is 14.7 Å². The number of carbonyl (C=O) groups is 1. The van der Waals surface area contributed by atoms with Crippen LogP contribution in [-0.4, -0.2) is 75.6 Å². The van der Waals surface area contributed by atoms with Crippen molar-refractivity contribution in [2.24, 2.45) is 0 Å². The van der Waals surface area contributed by atoms with Gasteiger partial charge in [-0.2, -0.15) is 0 Å². The topological polar surface area (TPSA) is 50.3 Å². The maximum Gasteiger partial charge on any atom is 0.335 e. The molecule has 1 N–H and O–H groups in total. The van der Waals surface area contributed by atoms with Crippen molar-refractivity contribution in [3.05, 3.63) is 93.1 Å². The van der Waals surface area contributed by atoms with Crippen LogP contribution in [0.3, 0.4) is 0 Å². The first-order chi connectivity index (χ1) is 18.3. The molecule has 204 valence electrons. The normalized spacial score (nSPS) is 18.9. The average Bonchev–Trinajstić information content (AvgIpc) is 2.91. The fourth-order valence-corrected chi connectivity index (χ4v) is 5.73. The molecule has 4 rings (SSSR count). The predicted octanol–water partition coefficient (Wildman–Crippen LogP) is 5.71. The van der Waals surface area contributed by atoms with Crippen LogP contribution in [0.15, 0.2) is 66.4 Å². The monoisotopic (exact) mass is 556 g/mol. The quantitative estimate of drug-likeness (QED) is 0.404. The maximum absolute atomic E-state index is 11.9. The van der Waals surface area contributed by atoms with Crippen molar-refractivity contribution in [2.45, 2.75) is 52.6 Å². The third-order valence-corrected chi connectivity index (χ3v) is 8.12. The van der Waals surface area contributed by atoms with E-state index in [4.69, 9.17) is 23.2 Å². The van der Waals surface area contributed by atoms with Gasteiger partial charge in [0, 0.05) is 73.7 Å². The standard InChI is InChI=1S/C30H38Cl2N4O2/c1-4-33(21-26-27(31)8-5-9-28(26)32)19-23-10-12-24(13-11-23)20-34-15-17-35(18-16-34)29-25(30(37)38)7-6-14-36(29)22(2)3/h5-14,22,29H,4,15-21H2,1-3H3,(H,37,38). The molecule has 0 amide bonds. The van der Waals surface area contributed by atoms with Crippen LogP contribution in [0.5, 0.6) is 0 Å². The Hall–Kier alpha value is -2.35. The highest BCUT2D eigenvalue weighted by Gasteiger charge is 2.35. The van der Waals surface area contributed by atoms with Crippen molar-refractivity contribution in [3.8, 4) is 0 Å². The van der Waals surface area contributed by atoms with Crippen LogP contribution in [-0.2, 0) is 24.4 Å². The molecule has 0 aliphatic carbocycles. The van der Waals surface area contributed by atoms with E-state index in [2.05, 4.69) is 64.6 Å². The van der Waals surface area contributed by atoms with Gasteiger partial charge in [-0.25, -0.2) is 4.79 Å². The molecule has 2 aliphatic rings. The summed E-state index contributed by atoms with van der Waals surface area (Å²) in [6, 6.07) is 14.7. The number of allylic oxidation sites excluding steroid dienone is 2. The van der Waals surface area contributed by atoms with Crippen LogP contribution in [0.2, 0.25) is 10.0 Å². The summed E-state index contributed by atoms with van der Waals surface area (Å²) < 4.78 is 0. The first-order valence-corrected chi connectivity index (χ1v) is 14.1. The summed E-state index contributed by atoms with van der Waals surface area (Å²) >= 11 is 12.8. The molecular weight excluding hydrogens is 519 g/mol. The van der Waals surface area contributed by atoms with E-state index >= 15 is 0 Å². The molecule has 1 fully saturated rings. The van der Waals surface area contributed by atoms with Crippen LogP contribution in [0.1, 0.15) is 37.5 Å². The zero-order chi connectivity index (χ0) is 27.2. The minimum Gasteiger partial charge on any atom is -0.478 e. The first-order valence-electron chi connectivity index (χ1n) is 13.4. The molecule has 1 unspecified atom stereocenters. The first kappa shape index (κ1) is 28.7. The lowest BCUT2D eigenvalue weighted by molar-refractivity contribution is -0.134. The Morgan fingerprint density at radius 3 is 2.21 bits per heavy atom. The number of aliphatic carboxylic acids is 1. The molecule has 2 aromatic carbocycles. The molecule has 2 aliphatic heterocycles. The highest BCUT2D eigenvalue weighted by Crippen LogP contribution is 2.27. The molecule has 0 bridgehead atoms. The number of carboxylic acid groups (broad SMARTS) is 1. The number of hydrogen-bond acceptors (Lipinski definition) is 5. The zero-order valence-electron chi connectivity index (χ0n) is 22.5. The smallest absolute Gasteiger partial charge is 0.335 e. The molecule has 0 saturated carbocycles. The predicted molar refractivity (Wildman–Crippen MR) is 155 cm³/mol. The molecule has 1 saturated heterocycles. The van der Waals surface area contributed by atoms with Crippen LogP contribution >= 0.6 is 23.2 Å². The Bertz CT molecular complexity index is 1140. The Morgan fingerprint density at radius 1 is 1.00 bits per heavy atom. The van der Waals surface area contributed by atoms with Gasteiger partial charge < -0.3 is 10.0 Å². The van der Waals surface area contributed by atoms with Crippen molar-refractivity contribution >= 4 is 29.2 Å². The number of rotatable bonds is 10. The van der Waals surface area contributed by atoms with E-state index in [1.165, 1.54) is 11.1 Å². The third-order valence-electron chi connectivity index (χ3n) is 7.42. The minimum atomic E-state index is -0.843. The van der Waals surface area contributed by atoms with Crippen molar-refractivity contribution in [3.63, 3.8) is 0 Å². The summed E-state index contributed by atoms with van der Waals surface area (Å²) in [7, 11) is 0. The lowest BCUT2D eigenvalue weighted by Gasteiger charge is -2.46. The van der Waals surface area contributed by atoms with Crippen molar-refractivity contribution in [1.82, 2.24) is 19.6 Å². The van der Waals surface area contributed by atoms with Gasteiger partial charge in [0.15, 0.2) is 0 Å². The summed E-state index contributed by atoms with van der Waals surface area (Å²) in [5.41, 5.74) is 3.97. The number of carboxylic acids is 1. The van der Waals surface area contributed by atoms with E-state index in [9.17, 15) is 9.90 Å². The minimum absolute atomic E-state index is 0.221. The van der Waals surface area contributed by atoms with E-state index < -0.39 is 5.97 Å². The second kappa shape index (κ2) is 13.1. The molecule has 0 spiro atoms. The lowest BCUT2D eigenvalue weighted by Crippen LogP contribution is -2.57. The molecular formula is C30H38Cl2N4O2. The van der Waals surface area contributed by atoms with Gasteiger partial charge in [-0.05, 0) is 55.8 Å². The fraction of sp³-hybridized carbons (Fsp3) is 0.433. The van der Waals surface area contributed by atoms with Gasteiger partial charge in [-0.15, -0.1) is 0 Å². The number of hydrogen-bond donors (Lipinski definition) is 1. The largest absolute Gasteiger partial charge is 0.478 e. The van der Waals surface area contributed by atoms with Crippen LogP contribution in [0.4, 0.5) is 0 Å². The molecule has 2 heterocycles. The zero-order valence-corrected chi connectivity index (χ0v) is 24.0. The summed E-state index contributed by atoms with van der Waals surface area (Å²) in [5, 5.41) is 11.2. The van der Waals surface area contributed by atoms with Crippen molar-refractivity contribution in [1.29, 1.82) is 0 Å². The van der Waals surface area contributed by atoms with Crippen molar-refractivity contribution in [2.75, 3.05) is 32.7 Å². The summed E-state index contributed by atoms with van der Waals surface area (Å²) in [6.07, 6.45) is 5.37. The molecule has 0 radical (unpaired) electrons. The Kier molecular flexibility index (Phi) is 9.91. The lowest BCUT2D eigenvalue weighted by atomic mass is 10.0. The second-order valence-electron chi connectivity index (χ2n) is 10.3. The molecule has 0 aromatic heterocycles. The van der Waals surface area contributed by atoms with E-state index in [0.717, 1.165) is 51.4 Å². The highest BCUT2D eigenvalue weighted by atomic mass is 35.5. The second-order valence-corrected chi connectivity index (χ2v) is 11.1. The van der Waals surface area contributed by atoms with Gasteiger partial charge in [0.1, 0.15) is 6.17 Å². The number of halogens is 2. The van der Waals surface area contributed by atoms with Gasteiger partial charge in [0.2, 0.25) is 0 Å². The molecule has 1 atom stereocenters. The van der Waals surface area contributed by atoms with E-state index in [0.29, 0.717) is 22.2 Å². The van der Waals surface area contributed by atoms with Crippen LogP contribution < -0.4 is 0 Å². The molecule has 38 heavy (non-hydrogen) atoms. The Morgan fingerprint density at radius 2 is 1.63 bits per heavy atom. The fourth-order valence-electron chi connectivity index (χ4n) is 5.21.